The van der Waals surface area contributed by atoms with E-state index < -0.39 is 15.9 Å². The van der Waals surface area contributed by atoms with E-state index in [-0.39, 0.29) is 17.0 Å². The van der Waals surface area contributed by atoms with E-state index in [1.807, 2.05) is 6.92 Å². The Morgan fingerprint density at radius 2 is 1.69 bits per heavy atom. The standard InChI is InChI=1S/C24H24N2O5S/c1-3-6-24(27)26(32(29,30)22-13-11-21(31-2)12-14-22)23-8-5-4-7-20(23)10-9-19-15-17-25(28)18-16-19/h4-5,7-18H,3,6H2,1-2H3/b10-9+. The molecule has 0 aliphatic heterocycles. The van der Waals surface area contributed by atoms with Crippen molar-refractivity contribution in [3.05, 3.63) is 89.4 Å². The van der Waals surface area contributed by atoms with Gasteiger partial charge in [-0.2, -0.15) is 4.73 Å². The maximum absolute atomic E-state index is 13.5. The lowest BCUT2D eigenvalue weighted by atomic mass is 10.1. The van der Waals surface area contributed by atoms with Crippen LogP contribution in [0.25, 0.3) is 12.2 Å². The third-order valence-corrected chi connectivity index (χ3v) is 6.48. The fraction of sp³-hybridized carbons (Fsp3) is 0.167. The van der Waals surface area contributed by atoms with Crippen molar-refractivity contribution >= 4 is 33.8 Å². The molecule has 0 aliphatic carbocycles. The highest BCUT2D eigenvalue weighted by atomic mass is 32.2. The van der Waals surface area contributed by atoms with Gasteiger partial charge in [0.2, 0.25) is 5.91 Å². The SMILES string of the molecule is CCCC(=O)N(c1ccccc1/C=C/c1cc[n+]([O-])cc1)S(=O)(=O)c1ccc(OC)cc1. The van der Waals surface area contributed by atoms with E-state index in [1.54, 1.807) is 60.7 Å². The summed E-state index contributed by atoms with van der Waals surface area (Å²) in [6.45, 7) is 1.82. The Morgan fingerprint density at radius 3 is 2.31 bits per heavy atom. The van der Waals surface area contributed by atoms with Crippen LogP contribution in [-0.2, 0) is 14.8 Å². The van der Waals surface area contributed by atoms with Crippen LogP contribution >= 0.6 is 0 Å². The highest BCUT2D eigenvalue weighted by molar-refractivity contribution is 7.93. The van der Waals surface area contributed by atoms with Gasteiger partial charge in [-0.3, -0.25) is 4.79 Å². The van der Waals surface area contributed by atoms with Crippen molar-refractivity contribution < 1.29 is 22.7 Å². The molecule has 0 N–H and O–H groups in total. The molecule has 2 aromatic carbocycles. The number of carbonyl (C=O) groups is 1. The van der Waals surface area contributed by atoms with E-state index in [2.05, 4.69) is 0 Å². The molecule has 0 unspecified atom stereocenters. The largest absolute Gasteiger partial charge is 0.619 e. The molecule has 3 rings (SSSR count). The molecule has 0 atom stereocenters. The molecular formula is C24H24N2O5S. The van der Waals surface area contributed by atoms with Crippen LogP contribution in [0.15, 0.2) is 78.0 Å². The quantitative estimate of drug-likeness (QED) is 0.380. The topological polar surface area (TPSA) is 90.6 Å². The first-order chi connectivity index (χ1) is 15.4. The first-order valence-electron chi connectivity index (χ1n) is 10.0. The Morgan fingerprint density at radius 1 is 1.03 bits per heavy atom. The van der Waals surface area contributed by atoms with Gasteiger partial charge in [-0.05, 0) is 47.9 Å². The first kappa shape index (κ1) is 23.0. The molecule has 0 saturated carbocycles. The lowest BCUT2D eigenvalue weighted by Gasteiger charge is -2.24. The highest BCUT2D eigenvalue weighted by Crippen LogP contribution is 2.30. The molecule has 3 aromatic rings. The summed E-state index contributed by atoms with van der Waals surface area (Å²) >= 11 is 0. The molecule has 0 fully saturated rings. The monoisotopic (exact) mass is 452 g/mol. The molecule has 0 radical (unpaired) electrons. The number of sulfonamides is 1. The predicted octanol–water partition coefficient (Wildman–Crippen LogP) is 4.02. The zero-order valence-corrected chi connectivity index (χ0v) is 18.7. The summed E-state index contributed by atoms with van der Waals surface area (Å²) in [5.41, 5.74) is 1.57. The molecule has 1 aromatic heterocycles. The summed E-state index contributed by atoms with van der Waals surface area (Å²) in [5.74, 6) is -0.00254. The number of amides is 1. The summed E-state index contributed by atoms with van der Waals surface area (Å²) in [6, 6.07) is 16.0. The van der Waals surface area contributed by atoms with Crippen LogP contribution in [0.4, 0.5) is 5.69 Å². The Bertz CT molecular complexity index is 1200. The second-order valence-corrected chi connectivity index (χ2v) is 8.76. The number of carbonyl (C=O) groups excluding carboxylic acids is 1. The highest BCUT2D eigenvalue weighted by Gasteiger charge is 2.31. The summed E-state index contributed by atoms with van der Waals surface area (Å²) < 4.78 is 33.7. The van der Waals surface area contributed by atoms with Crippen molar-refractivity contribution in [1.82, 2.24) is 0 Å². The number of para-hydroxylation sites is 1. The molecule has 0 bridgehead atoms. The zero-order valence-electron chi connectivity index (χ0n) is 17.8. The van der Waals surface area contributed by atoms with Gasteiger partial charge in [0, 0.05) is 18.6 Å². The number of hydrogen-bond acceptors (Lipinski definition) is 5. The number of methoxy groups -OCH3 is 1. The van der Waals surface area contributed by atoms with Crippen LogP contribution in [0.2, 0.25) is 0 Å². The third kappa shape index (κ3) is 5.15. The Balaban J connectivity index is 2.08. The minimum Gasteiger partial charge on any atom is -0.619 e. The van der Waals surface area contributed by atoms with Gasteiger partial charge in [-0.25, -0.2) is 12.7 Å². The Kier molecular flexibility index (Phi) is 7.27. The molecular weight excluding hydrogens is 428 g/mol. The van der Waals surface area contributed by atoms with E-state index in [9.17, 15) is 18.4 Å². The van der Waals surface area contributed by atoms with Gasteiger partial charge in [0.15, 0.2) is 12.4 Å². The van der Waals surface area contributed by atoms with Crippen molar-refractivity contribution in [2.75, 3.05) is 11.4 Å². The van der Waals surface area contributed by atoms with E-state index in [0.717, 1.165) is 9.87 Å². The van der Waals surface area contributed by atoms with Crippen molar-refractivity contribution in [3.8, 4) is 5.75 Å². The maximum atomic E-state index is 13.5. The fourth-order valence-electron chi connectivity index (χ4n) is 3.10. The minimum absolute atomic E-state index is 0.00963. The number of nitrogens with zero attached hydrogens (tertiary/aromatic N) is 2. The molecule has 8 heteroatoms. The number of pyridine rings is 1. The average molecular weight is 453 g/mol. The van der Waals surface area contributed by atoms with Crippen LogP contribution in [0.3, 0.4) is 0 Å². The number of ether oxygens (including phenoxy) is 1. The van der Waals surface area contributed by atoms with Crippen LogP contribution in [0.1, 0.15) is 30.9 Å². The number of hydrogen-bond donors (Lipinski definition) is 0. The number of benzene rings is 2. The minimum atomic E-state index is -4.16. The molecule has 7 nitrogen and oxygen atoms in total. The van der Waals surface area contributed by atoms with Gasteiger partial charge < -0.3 is 9.94 Å². The van der Waals surface area contributed by atoms with Crippen LogP contribution in [0, 0.1) is 5.21 Å². The Hall–Kier alpha value is -3.65. The van der Waals surface area contributed by atoms with Gasteiger partial charge in [-0.15, -0.1) is 0 Å². The molecule has 1 heterocycles. The van der Waals surface area contributed by atoms with Crippen molar-refractivity contribution in [2.45, 2.75) is 24.7 Å². The molecule has 0 aliphatic rings. The van der Waals surface area contributed by atoms with Crippen molar-refractivity contribution in [2.24, 2.45) is 0 Å². The lowest BCUT2D eigenvalue weighted by molar-refractivity contribution is -0.605. The molecule has 1 amide bonds. The fourth-order valence-corrected chi connectivity index (χ4v) is 4.58. The summed E-state index contributed by atoms with van der Waals surface area (Å²) in [5, 5.41) is 11.2. The summed E-state index contributed by atoms with van der Waals surface area (Å²) in [4.78, 5) is 13.0. The predicted molar refractivity (Wildman–Crippen MR) is 123 cm³/mol. The average Bonchev–Trinajstić information content (AvgIpc) is 2.79. The molecule has 32 heavy (non-hydrogen) atoms. The summed E-state index contributed by atoms with van der Waals surface area (Å²) in [7, 11) is -2.67. The van der Waals surface area contributed by atoms with E-state index >= 15 is 0 Å². The van der Waals surface area contributed by atoms with Crippen LogP contribution in [0.5, 0.6) is 5.75 Å². The number of rotatable bonds is 8. The third-order valence-electron chi connectivity index (χ3n) is 4.73. The Labute approximate surface area is 187 Å². The zero-order chi connectivity index (χ0) is 23.1. The van der Waals surface area contributed by atoms with Gasteiger partial charge in [0.05, 0.1) is 17.7 Å². The second kappa shape index (κ2) is 10.1. The van der Waals surface area contributed by atoms with Gasteiger partial charge in [-0.1, -0.05) is 37.3 Å². The smallest absolute Gasteiger partial charge is 0.270 e. The van der Waals surface area contributed by atoms with Gasteiger partial charge in [0.25, 0.3) is 10.0 Å². The van der Waals surface area contributed by atoms with Gasteiger partial charge in [0.1, 0.15) is 5.75 Å². The maximum Gasteiger partial charge on any atom is 0.270 e. The van der Waals surface area contributed by atoms with Crippen LogP contribution in [-0.4, -0.2) is 21.4 Å². The second-order valence-electron chi connectivity index (χ2n) is 6.97. The molecule has 0 spiro atoms. The number of aromatic nitrogens is 1. The van der Waals surface area contributed by atoms with E-state index in [1.165, 1.54) is 31.6 Å². The molecule has 0 saturated heterocycles. The van der Waals surface area contributed by atoms with Crippen molar-refractivity contribution in [1.29, 1.82) is 0 Å². The van der Waals surface area contributed by atoms with Gasteiger partial charge >= 0.3 is 0 Å². The summed E-state index contributed by atoms with van der Waals surface area (Å²) in [6.07, 6.45) is 6.80. The van der Waals surface area contributed by atoms with E-state index in [4.69, 9.17) is 4.74 Å². The molecule has 166 valence electrons. The number of anilines is 1. The van der Waals surface area contributed by atoms with Crippen LogP contribution < -0.4 is 13.8 Å². The normalized spacial score (nSPS) is 11.4. The van der Waals surface area contributed by atoms with Crippen molar-refractivity contribution in [3.63, 3.8) is 0 Å². The lowest BCUT2D eigenvalue weighted by Crippen LogP contribution is -2.37. The first-order valence-corrected chi connectivity index (χ1v) is 11.5. The van der Waals surface area contributed by atoms with E-state index in [0.29, 0.717) is 22.5 Å².